The fraction of sp³-hybridized carbons (Fsp3) is 0.400. The second-order valence-corrected chi connectivity index (χ2v) is 5.23. The molecule has 0 aliphatic rings. The molecule has 0 fully saturated rings. The summed E-state index contributed by atoms with van der Waals surface area (Å²) in [6.07, 6.45) is 3.93. The van der Waals surface area contributed by atoms with Gasteiger partial charge in [-0.15, -0.1) is 0 Å². The predicted molar refractivity (Wildman–Crippen MR) is 75.3 cm³/mol. The minimum Gasteiger partial charge on any atom is -0.324 e. The van der Waals surface area contributed by atoms with Crippen molar-refractivity contribution in [2.45, 2.75) is 32.7 Å². The Kier molecular flexibility index (Phi) is 3.53. The first-order chi connectivity index (χ1) is 8.47. The smallest absolute Gasteiger partial charge is 0.0568 e. The zero-order valence-corrected chi connectivity index (χ0v) is 11.5. The van der Waals surface area contributed by atoms with Crippen molar-refractivity contribution in [1.82, 2.24) is 9.78 Å². The van der Waals surface area contributed by atoms with Crippen LogP contribution in [0.3, 0.4) is 0 Å². The third-order valence-corrected chi connectivity index (χ3v) is 3.21. The first-order valence-electron chi connectivity index (χ1n) is 6.37. The fourth-order valence-corrected chi connectivity index (χ4v) is 2.01. The largest absolute Gasteiger partial charge is 0.324 e. The summed E-state index contributed by atoms with van der Waals surface area (Å²) in [6, 6.07) is 6.65. The molecule has 1 atom stereocenters. The van der Waals surface area contributed by atoms with E-state index in [2.05, 4.69) is 37.1 Å². The van der Waals surface area contributed by atoms with Crippen LogP contribution in [0.25, 0.3) is 11.1 Å². The van der Waals surface area contributed by atoms with Gasteiger partial charge in [0.25, 0.3) is 0 Å². The molecule has 2 rings (SSSR count). The molecule has 0 spiro atoms. The van der Waals surface area contributed by atoms with Crippen LogP contribution in [0.2, 0.25) is 0 Å². The Morgan fingerprint density at radius 3 is 2.22 bits per heavy atom. The molecule has 2 aromatic rings. The van der Waals surface area contributed by atoms with E-state index in [0.717, 1.165) is 5.56 Å². The number of hydrogen-bond acceptors (Lipinski definition) is 2. The lowest BCUT2D eigenvalue weighted by Crippen LogP contribution is -2.06. The summed E-state index contributed by atoms with van der Waals surface area (Å²) in [7, 11) is 1.93. The minimum atomic E-state index is 0.0547. The van der Waals surface area contributed by atoms with Crippen molar-refractivity contribution in [3.63, 3.8) is 0 Å². The lowest BCUT2D eigenvalue weighted by atomic mass is 9.94. The van der Waals surface area contributed by atoms with E-state index >= 15 is 0 Å². The van der Waals surface area contributed by atoms with Crippen LogP contribution in [0.5, 0.6) is 0 Å². The van der Waals surface area contributed by atoms with Gasteiger partial charge in [0.1, 0.15) is 0 Å². The molecule has 0 aliphatic carbocycles. The Morgan fingerprint density at radius 2 is 1.72 bits per heavy atom. The van der Waals surface area contributed by atoms with Crippen LogP contribution in [0.4, 0.5) is 0 Å². The minimum absolute atomic E-state index is 0.0547. The molecule has 3 nitrogen and oxygen atoms in total. The van der Waals surface area contributed by atoms with Crippen molar-refractivity contribution in [2.24, 2.45) is 12.8 Å². The number of hydrogen-bond donors (Lipinski definition) is 1. The van der Waals surface area contributed by atoms with Crippen molar-refractivity contribution >= 4 is 0 Å². The second-order valence-electron chi connectivity index (χ2n) is 5.23. The first kappa shape index (κ1) is 12.8. The Hall–Kier alpha value is -1.61. The fourth-order valence-electron chi connectivity index (χ4n) is 2.01. The maximum absolute atomic E-state index is 6.01. The van der Waals surface area contributed by atoms with Gasteiger partial charge < -0.3 is 5.73 Å². The normalized spacial score (nSPS) is 13.0. The van der Waals surface area contributed by atoms with Gasteiger partial charge in [-0.1, -0.05) is 26.0 Å². The molecule has 0 saturated carbocycles. The molecule has 0 aliphatic heterocycles. The quantitative estimate of drug-likeness (QED) is 0.899. The van der Waals surface area contributed by atoms with Crippen LogP contribution in [0, 0.1) is 0 Å². The Morgan fingerprint density at radius 1 is 1.06 bits per heavy atom. The highest BCUT2D eigenvalue weighted by atomic mass is 15.2. The molecule has 0 unspecified atom stereocenters. The number of aryl methyl sites for hydroxylation is 1. The molecule has 0 amide bonds. The summed E-state index contributed by atoms with van der Waals surface area (Å²) in [5.74, 6) is 0.499. The Balaban J connectivity index is 2.53. The van der Waals surface area contributed by atoms with Crippen LogP contribution in [-0.2, 0) is 7.05 Å². The van der Waals surface area contributed by atoms with Gasteiger partial charge >= 0.3 is 0 Å². The van der Waals surface area contributed by atoms with Crippen molar-refractivity contribution in [3.05, 3.63) is 41.7 Å². The van der Waals surface area contributed by atoms with Crippen molar-refractivity contribution in [3.8, 4) is 11.1 Å². The lowest BCUT2D eigenvalue weighted by molar-refractivity contribution is 0.768. The van der Waals surface area contributed by atoms with Crippen LogP contribution in [0.1, 0.15) is 43.9 Å². The van der Waals surface area contributed by atoms with E-state index in [9.17, 15) is 0 Å². The molecule has 0 saturated heterocycles. The van der Waals surface area contributed by atoms with E-state index in [1.165, 1.54) is 16.7 Å². The highest BCUT2D eigenvalue weighted by molar-refractivity contribution is 5.64. The number of benzene rings is 1. The number of aromatic nitrogens is 2. The summed E-state index contributed by atoms with van der Waals surface area (Å²) in [4.78, 5) is 0. The topological polar surface area (TPSA) is 43.8 Å². The first-order valence-corrected chi connectivity index (χ1v) is 6.37. The second kappa shape index (κ2) is 4.94. The highest BCUT2D eigenvalue weighted by Crippen LogP contribution is 2.27. The average molecular weight is 243 g/mol. The van der Waals surface area contributed by atoms with Crippen LogP contribution in [-0.4, -0.2) is 9.78 Å². The van der Waals surface area contributed by atoms with Crippen LogP contribution in [0.15, 0.2) is 30.6 Å². The van der Waals surface area contributed by atoms with E-state index in [-0.39, 0.29) is 6.04 Å². The van der Waals surface area contributed by atoms with E-state index in [4.69, 9.17) is 5.73 Å². The molecule has 2 N–H and O–H groups in total. The Labute approximate surface area is 109 Å². The molecule has 1 heterocycles. The summed E-state index contributed by atoms with van der Waals surface area (Å²) in [6.45, 7) is 6.42. The summed E-state index contributed by atoms with van der Waals surface area (Å²) >= 11 is 0. The lowest BCUT2D eigenvalue weighted by Gasteiger charge is -2.13. The Bertz CT molecular complexity index is 512. The van der Waals surface area contributed by atoms with Gasteiger partial charge in [0.05, 0.1) is 6.20 Å². The maximum Gasteiger partial charge on any atom is 0.0568 e. The van der Waals surface area contributed by atoms with E-state index in [0.29, 0.717) is 5.92 Å². The zero-order valence-electron chi connectivity index (χ0n) is 11.5. The third kappa shape index (κ3) is 2.62. The van der Waals surface area contributed by atoms with Gasteiger partial charge in [-0.3, -0.25) is 4.68 Å². The molecule has 96 valence electrons. The van der Waals surface area contributed by atoms with Crippen molar-refractivity contribution in [2.75, 3.05) is 0 Å². The number of rotatable bonds is 3. The van der Waals surface area contributed by atoms with Crippen LogP contribution < -0.4 is 5.73 Å². The van der Waals surface area contributed by atoms with Gasteiger partial charge in [-0.2, -0.15) is 5.10 Å². The molecule has 1 aromatic heterocycles. The van der Waals surface area contributed by atoms with Crippen LogP contribution >= 0.6 is 0 Å². The summed E-state index contributed by atoms with van der Waals surface area (Å²) < 4.78 is 1.82. The van der Waals surface area contributed by atoms with Gasteiger partial charge in [0, 0.05) is 24.8 Å². The van der Waals surface area contributed by atoms with E-state index in [1.807, 2.05) is 31.0 Å². The summed E-state index contributed by atoms with van der Waals surface area (Å²) in [5, 5.41) is 4.23. The van der Waals surface area contributed by atoms with Gasteiger partial charge in [0.2, 0.25) is 0 Å². The van der Waals surface area contributed by atoms with E-state index in [1.54, 1.807) is 0 Å². The third-order valence-electron chi connectivity index (χ3n) is 3.21. The SMILES string of the molecule is CC(C)c1cc(-c2cnn(C)c2)cc([C@@H](C)N)c1. The molecular weight excluding hydrogens is 222 g/mol. The zero-order chi connectivity index (χ0) is 13.3. The van der Waals surface area contributed by atoms with Gasteiger partial charge in [0.15, 0.2) is 0 Å². The standard InChI is InChI=1S/C15H21N3/c1-10(2)12-5-13(11(3)16)7-14(6-12)15-8-17-18(4)9-15/h5-11H,16H2,1-4H3/t11-/m1/s1. The molecule has 1 aromatic carbocycles. The molecule has 18 heavy (non-hydrogen) atoms. The predicted octanol–water partition coefficient (Wildman–Crippen LogP) is 3.23. The highest BCUT2D eigenvalue weighted by Gasteiger charge is 2.09. The molecule has 0 radical (unpaired) electrons. The van der Waals surface area contributed by atoms with Crippen molar-refractivity contribution < 1.29 is 0 Å². The number of nitrogens with two attached hydrogens (primary N) is 1. The van der Waals surface area contributed by atoms with E-state index < -0.39 is 0 Å². The van der Waals surface area contributed by atoms with Crippen molar-refractivity contribution in [1.29, 1.82) is 0 Å². The van der Waals surface area contributed by atoms with Gasteiger partial charge in [-0.05, 0) is 35.6 Å². The number of nitrogens with zero attached hydrogens (tertiary/aromatic N) is 2. The average Bonchev–Trinajstić information content (AvgIpc) is 2.75. The molecule has 3 heteroatoms. The molecule has 0 bridgehead atoms. The monoisotopic (exact) mass is 243 g/mol. The molecular formula is C15H21N3. The van der Waals surface area contributed by atoms with Gasteiger partial charge in [-0.25, -0.2) is 0 Å². The summed E-state index contributed by atoms with van der Waals surface area (Å²) in [5.41, 5.74) is 10.9. The maximum atomic E-state index is 6.01.